The van der Waals surface area contributed by atoms with Crippen molar-refractivity contribution >= 4 is 23.1 Å². The lowest BCUT2D eigenvalue weighted by atomic mass is 10.6. The summed E-state index contributed by atoms with van der Waals surface area (Å²) in [5, 5.41) is 4.11. The quantitative estimate of drug-likeness (QED) is 0.714. The molecule has 0 aliphatic heterocycles. The van der Waals surface area contributed by atoms with Gasteiger partial charge in [0.15, 0.2) is 5.15 Å². The van der Waals surface area contributed by atoms with Gasteiger partial charge < -0.3 is 4.74 Å². The Hall–Kier alpha value is -1.69. The van der Waals surface area contributed by atoms with Crippen molar-refractivity contribution in [2.75, 3.05) is 6.61 Å². The summed E-state index contributed by atoms with van der Waals surface area (Å²) in [6, 6.07) is 0. The van der Waals surface area contributed by atoms with Crippen molar-refractivity contribution in [3.8, 4) is 0 Å². The minimum absolute atomic E-state index is 0.0937. The predicted molar refractivity (Wildman–Crippen MR) is 51.7 cm³/mol. The Morgan fingerprint density at radius 3 is 3.13 bits per heavy atom. The van der Waals surface area contributed by atoms with Gasteiger partial charge in [0.05, 0.1) is 12.8 Å². The van der Waals surface area contributed by atoms with E-state index < -0.39 is 5.97 Å². The first-order chi connectivity index (χ1) is 7.24. The van der Waals surface area contributed by atoms with E-state index in [1.54, 1.807) is 6.92 Å². The van der Waals surface area contributed by atoms with E-state index in [-0.39, 0.29) is 17.6 Å². The molecular weight excluding hydrogens is 220 g/mol. The third-order valence-corrected chi connectivity index (χ3v) is 2.04. The van der Waals surface area contributed by atoms with Crippen LogP contribution >= 0.6 is 11.6 Å². The van der Waals surface area contributed by atoms with Gasteiger partial charge in [-0.2, -0.15) is 5.10 Å². The molecular formula is C8H7ClN4O2. The van der Waals surface area contributed by atoms with E-state index in [0.29, 0.717) is 5.52 Å². The third kappa shape index (κ3) is 1.63. The largest absolute Gasteiger partial charge is 0.460 e. The molecule has 0 spiro atoms. The van der Waals surface area contributed by atoms with Crippen LogP contribution in [0, 0.1) is 0 Å². The van der Waals surface area contributed by atoms with Gasteiger partial charge in [-0.05, 0) is 6.92 Å². The smallest absolute Gasteiger partial charge is 0.376 e. The minimum Gasteiger partial charge on any atom is -0.460 e. The van der Waals surface area contributed by atoms with Crippen molar-refractivity contribution in [2.45, 2.75) is 6.92 Å². The number of hydrogen-bond donors (Lipinski definition) is 0. The van der Waals surface area contributed by atoms with Crippen molar-refractivity contribution in [3.05, 3.63) is 23.5 Å². The lowest BCUT2D eigenvalue weighted by molar-refractivity contribution is 0.0509. The SMILES string of the molecule is CCOC(=O)c1ncc2c(Cl)ncnn12. The van der Waals surface area contributed by atoms with E-state index in [1.165, 1.54) is 17.0 Å². The molecule has 7 heteroatoms. The molecule has 2 aromatic heterocycles. The molecule has 6 nitrogen and oxygen atoms in total. The summed E-state index contributed by atoms with van der Waals surface area (Å²) in [5.41, 5.74) is 0.474. The van der Waals surface area contributed by atoms with E-state index in [2.05, 4.69) is 15.1 Å². The maximum Gasteiger partial charge on any atom is 0.376 e. The van der Waals surface area contributed by atoms with Crippen molar-refractivity contribution in [1.82, 2.24) is 19.6 Å². The van der Waals surface area contributed by atoms with Gasteiger partial charge in [-0.3, -0.25) is 0 Å². The van der Waals surface area contributed by atoms with Crippen LogP contribution in [0.3, 0.4) is 0 Å². The number of halogens is 1. The second kappa shape index (κ2) is 3.82. The summed E-state index contributed by atoms with van der Waals surface area (Å²) in [4.78, 5) is 19.1. The van der Waals surface area contributed by atoms with Crippen LogP contribution < -0.4 is 0 Å². The molecule has 0 bridgehead atoms. The Morgan fingerprint density at radius 2 is 2.40 bits per heavy atom. The first-order valence-corrected chi connectivity index (χ1v) is 4.63. The van der Waals surface area contributed by atoms with E-state index in [0.717, 1.165) is 0 Å². The number of ether oxygens (including phenoxy) is 1. The topological polar surface area (TPSA) is 69.4 Å². The highest BCUT2D eigenvalue weighted by Crippen LogP contribution is 2.13. The van der Waals surface area contributed by atoms with E-state index in [9.17, 15) is 4.79 Å². The molecule has 0 fully saturated rings. The molecule has 2 heterocycles. The minimum atomic E-state index is -0.535. The molecule has 0 radical (unpaired) electrons. The molecule has 2 aromatic rings. The van der Waals surface area contributed by atoms with Crippen LogP contribution in [0.25, 0.3) is 5.52 Å². The van der Waals surface area contributed by atoms with Crippen LogP contribution in [0.1, 0.15) is 17.5 Å². The zero-order chi connectivity index (χ0) is 10.8. The molecule has 0 saturated heterocycles. The van der Waals surface area contributed by atoms with Gasteiger partial charge in [0.25, 0.3) is 0 Å². The first kappa shape index (κ1) is 9.85. The average molecular weight is 227 g/mol. The van der Waals surface area contributed by atoms with Crippen molar-refractivity contribution in [2.24, 2.45) is 0 Å². The molecule has 2 rings (SSSR count). The highest BCUT2D eigenvalue weighted by atomic mass is 35.5. The molecule has 0 N–H and O–H groups in total. The second-order valence-electron chi connectivity index (χ2n) is 2.65. The number of esters is 1. The van der Waals surface area contributed by atoms with Gasteiger partial charge in [-0.1, -0.05) is 11.6 Å². The summed E-state index contributed by atoms with van der Waals surface area (Å²) < 4.78 is 6.11. The number of hydrogen-bond acceptors (Lipinski definition) is 5. The fraction of sp³-hybridized carbons (Fsp3) is 0.250. The maximum absolute atomic E-state index is 11.4. The fourth-order valence-electron chi connectivity index (χ4n) is 1.13. The fourth-order valence-corrected chi connectivity index (χ4v) is 1.30. The second-order valence-corrected chi connectivity index (χ2v) is 3.01. The Kier molecular flexibility index (Phi) is 2.51. The molecule has 0 aliphatic carbocycles. The molecule has 0 aromatic carbocycles. The summed E-state index contributed by atoms with van der Waals surface area (Å²) >= 11 is 5.79. The number of nitrogens with zero attached hydrogens (tertiary/aromatic N) is 4. The molecule has 0 saturated carbocycles. The van der Waals surface area contributed by atoms with E-state index >= 15 is 0 Å². The number of fused-ring (bicyclic) bond motifs is 1. The van der Waals surface area contributed by atoms with Crippen LogP contribution in [-0.2, 0) is 4.74 Å². The molecule has 78 valence electrons. The number of rotatable bonds is 2. The lowest BCUT2D eigenvalue weighted by Crippen LogP contribution is -2.11. The Balaban J connectivity index is 2.54. The zero-order valence-corrected chi connectivity index (χ0v) is 8.60. The highest BCUT2D eigenvalue weighted by molar-refractivity contribution is 6.32. The van der Waals surface area contributed by atoms with Gasteiger partial charge in [-0.25, -0.2) is 19.3 Å². The first-order valence-electron chi connectivity index (χ1n) is 4.25. The number of carbonyl (C=O) groups excluding carboxylic acids is 1. The number of imidazole rings is 1. The predicted octanol–water partition coefficient (Wildman–Crippen LogP) is 0.954. The Morgan fingerprint density at radius 1 is 1.60 bits per heavy atom. The third-order valence-electron chi connectivity index (χ3n) is 1.75. The van der Waals surface area contributed by atoms with Gasteiger partial charge >= 0.3 is 5.97 Å². The van der Waals surface area contributed by atoms with E-state index in [4.69, 9.17) is 16.3 Å². The maximum atomic E-state index is 11.4. The number of aromatic nitrogens is 4. The highest BCUT2D eigenvalue weighted by Gasteiger charge is 2.16. The van der Waals surface area contributed by atoms with Crippen LogP contribution in [-0.4, -0.2) is 32.2 Å². The van der Waals surface area contributed by atoms with Gasteiger partial charge in [0.2, 0.25) is 5.82 Å². The van der Waals surface area contributed by atoms with Crippen molar-refractivity contribution in [3.63, 3.8) is 0 Å². The molecule has 0 amide bonds. The van der Waals surface area contributed by atoms with Crippen molar-refractivity contribution < 1.29 is 9.53 Å². The molecule has 0 aliphatic rings. The average Bonchev–Trinajstić information content (AvgIpc) is 2.63. The van der Waals surface area contributed by atoms with Crippen LogP contribution in [0.4, 0.5) is 0 Å². The summed E-state index contributed by atoms with van der Waals surface area (Å²) in [5.74, 6) is -0.441. The van der Waals surface area contributed by atoms with Gasteiger partial charge in [0, 0.05) is 0 Å². The van der Waals surface area contributed by atoms with Gasteiger partial charge in [-0.15, -0.1) is 0 Å². The Labute approximate surface area is 89.9 Å². The monoisotopic (exact) mass is 226 g/mol. The normalized spacial score (nSPS) is 10.5. The van der Waals surface area contributed by atoms with Crippen molar-refractivity contribution in [1.29, 1.82) is 0 Å². The summed E-state index contributed by atoms with van der Waals surface area (Å²) in [6.07, 6.45) is 2.67. The molecule has 15 heavy (non-hydrogen) atoms. The van der Waals surface area contributed by atoms with Crippen LogP contribution in [0.15, 0.2) is 12.5 Å². The van der Waals surface area contributed by atoms with Crippen LogP contribution in [0.5, 0.6) is 0 Å². The number of carbonyl (C=O) groups is 1. The van der Waals surface area contributed by atoms with E-state index in [1.807, 2.05) is 0 Å². The molecule has 0 unspecified atom stereocenters. The lowest BCUT2D eigenvalue weighted by Gasteiger charge is -1.99. The standard InChI is InChI=1S/C8H7ClN4O2/c1-2-15-8(14)7-10-3-5-6(9)11-4-12-13(5)7/h3-4H,2H2,1H3. The molecule has 0 atom stereocenters. The zero-order valence-electron chi connectivity index (χ0n) is 7.85. The summed E-state index contributed by atoms with van der Waals surface area (Å²) in [6.45, 7) is 2.00. The summed E-state index contributed by atoms with van der Waals surface area (Å²) in [7, 11) is 0. The van der Waals surface area contributed by atoms with Crippen LogP contribution in [0.2, 0.25) is 5.15 Å². The Bertz CT molecular complexity index is 510. The van der Waals surface area contributed by atoms with Gasteiger partial charge in [0.1, 0.15) is 11.8 Å².